The highest BCUT2D eigenvalue weighted by molar-refractivity contribution is 5.69. The first-order valence-corrected chi connectivity index (χ1v) is 13.9. The number of rotatable bonds is 6. The molecule has 0 aliphatic heterocycles. The van der Waals surface area contributed by atoms with E-state index in [0.717, 1.165) is 36.0 Å². The minimum atomic E-state index is -4.25. The fourth-order valence-electron chi connectivity index (χ4n) is 5.92. The molecule has 0 spiro atoms. The van der Waals surface area contributed by atoms with E-state index in [-0.39, 0.29) is 12.4 Å². The number of aromatic amines is 1. The molecule has 39 heavy (non-hydrogen) atoms. The molecule has 0 bridgehead atoms. The average Bonchev–Trinajstić information content (AvgIpc) is 3.36. The largest absolute Gasteiger partial charge is 0.469 e. The van der Waals surface area contributed by atoms with Gasteiger partial charge in [0.2, 0.25) is 0 Å². The summed E-state index contributed by atoms with van der Waals surface area (Å²) < 4.78 is 44.2. The van der Waals surface area contributed by atoms with Gasteiger partial charge < -0.3 is 9.72 Å². The quantitative estimate of drug-likeness (QED) is 0.349. The number of H-pyrrole nitrogens is 1. The Hall–Kier alpha value is -3.35. The van der Waals surface area contributed by atoms with Crippen molar-refractivity contribution in [3.8, 4) is 22.5 Å². The lowest BCUT2D eigenvalue weighted by atomic mass is 9.80. The second-order valence-electron chi connectivity index (χ2n) is 10.9. The summed E-state index contributed by atoms with van der Waals surface area (Å²) in [6, 6.07) is 16.8. The second kappa shape index (κ2) is 11.8. The Kier molecular flexibility index (Phi) is 8.24. The van der Waals surface area contributed by atoms with Gasteiger partial charge in [0.1, 0.15) is 5.82 Å². The topological polar surface area (TPSA) is 55.0 Å². The van der Waals surface area contributed by atoms with E-state index in [4.69, 9.17) is 4.74 Å². The Balaban J connectivity index is 1.24. The molecule has 0 radical (unpaired) electrons. The molecule has 7 heteroatoms. The van der Waals surface area contributed by atoms with Crippen LogP contribution in [0.5, 0.6) is 0 Å². The van der Waals surface area contributed by atoms with Gasteiger partial charge in [0.05, 0.1) is 23.7 Å². The van der Waals surface area contributed by atoms with Crippen molar-refractivity contribution >= 4 is 18.1 Å². The number of imidazole rings is 1. The summed E-state index contributed by atoms with van der Waals surface area (Å²) in [6.45, 7) is 0. The lowest BCUT2D eigenvalue weighted by molar-refractivity contribution is -0.155. The maximum atomic E-state index is 13.1. The van der Waals surface area contributed by atoms with E-state index in [1.807, 2.05) is 24.3 Å². The summed E-state index contributed by atoms with van der Waals surface area (Å²) in [5.41, 5.74) is 4.42. The molecule has 1 aromatic heterocycles. The standard InChI is InChI=1S/C32H35F3N2O2/c1-39-30(38)19-7-21-4-2-3-5-22(8-6-21)23-9-11-24(12-10-23)25-13-15-26(16-14-25)31-36-28-18-17-27(32(33,34)35)20-29(28)37-31/h9-16,18,20-22,27H,2-8,17,19H2,1H3,(H,36,37). The zero-order valence-corrected chi connectivity index (χ0v) is 22.3. The number of esters is 1. The number of carbonyl (C=O) groups is 1. The van der Waals surface area contributed by atoms with Gasteiger partial charge in [-0.15, -0.1) is 0 Å². The van der Waals surface area contributed by atoms with E-state index in [1.165, 1.54) is 44.4 Å². The third kappa shape index (κ3) is 6.63. The highest BCUT2D eigenvalue weighted by Crippen LogP contribution is 2.36. The van der Waals surface area contributed by atoms with Crippen molar-refractivity contribution in [1.82, 2.24) is 9.97 Å². The average molecular weight is 537 g/mol. The van der Waals surface area contributed by atoms with Gasteiger partial charge in [0.15, 0.2) is 0 Å². The number of hydrogen-bond donors (Lipinski definition) is 1. The van der Waals surface area contributed by atoms with Crippen LogP contribution >= 0.6 is 0 Å². The molecule has 3 aromatic rings. The number of hydrogen-bond acceptors (Lipinski definition) is 3. The van der Waals surface area contributed by atoms with Gasteiger partial charge in [-0.05, 0) is 66.7 Å². The molecule has 4 nitrogen and oxygen atoms in total. The van der Waals surface area contributed by atoms with Crippen LogP contribution < -0.4 is 10.7 Å². The Morgan fingerprint density at radius 1 is 0.949 bits per heavy atom. The number of alkyl halides is 3. The molecule has 3 atom stereocenters. The fourth-order valence-corrected chi connectivity index (χ4v) is 5.92. The van der Waals surface area contributed by atoms with E-state index in [2.05, 4.69) is 34.2 Å². The molecular formula is C32H35F3N2O2. The molecule has 1 heterocycles. The van der Waals surface area contributed by atoms with E-state index in [1.54, 1.807) is 6.08 Å². The Morgan fingerprint density at radius 3 is 2.31 bits per heavy atom. The van der Waals surface area contributed by atoms with Crippen LogP contribution in [0, 0.1) is 11.8 Å². The van der Waals surface area contributed by atoms with Crippen molar-refractivity contribution in [2.24, 2.45) is 11.8 Å². The van der Waals surface area contributed by atoms with Crippen LogP contribution in [-0.2, 0) is 9.53 Å². The zero-order chi connectivity index (χ0) is 27.4. The number of methoxy groups -OCH3 is 1. The first-order valence-electron chi connectivity index (χ1n) is 13.9. The van der Waals surface area contributed by atoms with Crippen LogP contribution in [0.1, 0.15) is 69.3 Å². The van der Waals surface area contributed by atoms with Crippen LogP contribution in [0.25, 0.3) is 34.7 Å². The van der Waals surface area contributed by atoms with Crippen LogP contribution in [0.2, 0.25) is 0 Å². The third-order valence-electron chi connectivity index (χ3n) is 8.31. The number of benzene rings is 2. The maximum absolute atomic E-state index is 13.1. The number of fused-ring (bicyclic) bond motifs is 1. The van der Waals surface area contributed by atoms with Gasteiger partial charge in [0.25, 0.3) is 0 Å². The molecule has 2 aliphatic carbocycles. The van der Waals surface area contributed by atoms with Crippen molar-refractivity contribution in [1.29, 1.82) is 0 Å². The van der Waals surface area contributed by atoms with Crippen molar-refractivity contribution < 1.29 is 22.7 Å². The van der Waals surface area contributed by atoms with E-state index < -0.39 is 12.1 Å². The zero-order valence-electron chi connectivity index (χ0n) is 22.3. The second-order valence-corrected chi connectivity index (χ2v) is 10.9. The number of ether oxygens (including phenoxy) is 1. The highest BCUT2D eigenvalue weighted by atomic mass is 19.4. The SMILES string of the molecule is COC(=O)CCC1CCCCC(c2ccc(-c3ccc(-c4nc5c([nH]4)=CC(C(F)(F)F)CC=5)cc3)cc2)CC1. The summed E-state index contributed by atoms with van der Waals surface area (Å²) in [5, 5.41) is 1.01. The molecular weight excluding hydrogens is 501 g/mol. The fraction of sp³-hybridized carbons (Fsp3) is 0.438. The van der Waals surface area contributed by atoms with Crippen LogP contribution in [0.3, 0.4) is 0 Å². The number of aromatic nitrogens is 2. The number of carbonyl (C=O) groups excluding carboxylic acids is 1. The predicted molar refractivity (Wildman–Crippen MR) is 147 cm³/mol. The highest BCUT2D eigenvalue weighted by Gasteiger charge is 2.38. The molecule has 1 fully saturated rings. The smallest absolute Gasteiger partial charge is 0.395 e. The van der Waals surface area contributed by atoms with E-state index >= 15 is 0 Å². The molecule has 2 aliphatic rings. The van der Waals surface area contributed by atoms with Crippen LogP contribution in [-0.4, -0.2) is 29.2 Å². The summed E-state index contributed by atoms with van der Waals surface area (Å²) in [7, 11) is 1.45. The number of halogens is 3. The number of nitrogens with one attached hydrogen (secondary N) is 1. The van der Waals surface area contributed by atoms with Crippen molar-refractivity contribution in [2.45, 2.75) is 69.9 Å². The van der Waals surface area contributed by atoms with Gasteiger partial charge >= 0.3 is 12.1 Å². The monoisotopic (exact) mass is 536 g/mol. The van der Waals surface area contributed by atoms with Crippen molar-refractivity contribution in [2.75, 3.05) is 7.11 Å². The van der Waals surface area contributed by atoms with Gasteiger partial charge in [0, 0.05) is 12.0 Å². The Bertz CT molecular complexity index is 1390. The van der Waals surface area contributed by atoms with Gasteiger partial charge in [-0.1, -0.05) is 73.9 Å². The first-order chi connectivity index (χ1) is 18.8. The molecule has 1 N–H and O–H groups in total. The molecule has 206 valence electrons. The summed E-state index contributed by atoms with van der Waals surface area (Å²) in [5.74, 6) is 0.117. The lowest BCUT2D eigenvalue weighted by Gasteiger charge is -2.25. The van der Waals surface area contributed by atoms with Gasteiger partial charge in [-0.3, -0.25) is 4.79 Å². The summed E-state index contributed by atoms with van der Waals surface area (Å²) >= 11 is 0. The predicted octanol–water partition coefficient (Wildman–Crippen LogP) is 6.89. The Morgan fingerprint density at radius 2 is 1.62 bits per heavy atom. The third-order valence-corrected chi connectivity index (χ3v) is 8.31. The molecule has 5 rings (SSSR count). The maximum Gasteiger partial charge on any atom is 0.395 e. The molecule has 3 unspecified atom stereocenters. The van der Waals surface area contributed by atoms with Crippen molar-refractivity contribution in [3.63, 3.8) is 0 Å². The molecule has 0 saturated heterocycles. The minimum absolute atomic E-state index is 0.0768. The summed E-state index contributed by atoms with van der Waals surface area (Å²) in [4.78, 5) is 19.1. The normalized spacial score (nSPS) is 21.6. The first kappa shape index (κ1) is 27.2. The molecule has 0 amide bonds. The Labute approximate surface area is 227 Å². The van der Waals surface area contributed by atoms with Gasteiger partial charge in [-0.25, -0.2) is 4.98 Å². The van der Waals surface area contributed by atoms with E-state index in [0.29, 0.717) is 34.8 Å². The molecule has 1 saturated carbocycles. The van der Waals surface area contributed by atoms with Crippen LogP contribution in [0.15, 0.2) is 48.5 Å². The summed E-state index contributed by atoms with van der Waals surface area (Å²) in [6.07, 6.45) is 7.01. The van der Waals surface area contributed by atoms with Gasteiger partial charge in [-0.2, -0.15) is 13.2 Å². The molecule has 2 aromatic carbocycles. The van der Waals surface area contributed by atoms with E-state index in [9.17, 15) is 18.0 Å². The minimum Gasteiger partial charge on any atom is -0.469 e. The number of nitrogens with zero attached hydrogens (tertiary/aromatic N) is 1. The van der Waals surface area contributed by atoms with Crippen molar-refractivity contribution in [3.05, 3.63) is 64.8 Å². The lowest BCUT2D eigenvalue weighted by Crippen LogP contribution is -2.33. The van der Waals surface area contributed by atoms with Crippen LogP contribution in [0.4, 0.5) is 13.2 Å².